The number of amides is 1. The second-order valence-electron chi connectivity index (χ2n) is 4.47. The highest BCUT2D eigenvalue weighted by molar-refractivity contribution is 5.94. The first-order valence-electron chi connectivity index (χ1n) is 6.06. The third kappa shape index (κ3) is 4.19. The third-order valence-electron chi connectivity index (χ3n) is 2.79. The molecule has 0 saturated carbocycles. The molecule has 0 bridgehead atoms. The molecule has 0 spiro atoms. The van der Waals surface area contributed by atoms with Crippen LogP contribution in [0.1, 0.15) is 41.3 Å². The summed E-state index contributed by atoms with van der Waals surface area (Å²) in [6, 6.07) is 5.86. The van der Waals surface area contributed by atoms with Crippen LogP contribution in [0.5, 0.6) is 0 Å². The van der Waals surface area contributed by atoms with Gasteiger partial charge in [0.15, 0.2) is 0 Å². The highest BCUT2D eigenvalue weighted by Crippen LogP contribution is 2.09. The number of benzene rings is 1. The van der Waals surface area contributed by atoms with Crippen molar-refractivity contribution in [3.63, 3.8) is 0 Å². The molecular weight excluding hydrogens is 214 g/mol. The van der Waals surface area contributed by atoms with E-state index in [4.69, 9.17) is 5.11 Å². The van der Waals surface area contributed by atoms with Gasteiger partial charge >= 0.3 is 0 Å². The summed E-state index contributed by atoms with van der Waals surface area (Å²) in [6.45, 7) is 6.07. The van der Waals surface area contributed by atoms with E-state index in [1.807, 2.05) is 39.0 Å². The Balaban J connectivity index is 2.75. The van der Waals surface area contributed by atoms with Crippen molar-refractivity contribution in [3.05, 3.63) is 34.9 Å². The molecule has 1 aromatic carbocycles. The van der Waals surface area contributed by atoms with Crippen LogP contribution in [-0.2, 0) is 0 Å². The van der Waals surface area contributed by atoms with Crippen LogP contribution in [0.25, 0.3) is 0 Å². The summed E-state index contributed by atoms with van der Waals surface area (Å²) in [4.78, 5) is 12.0. The van der Waals surface area contributed by atoms with Crippen LogP contribution in [0.3, 0.4) is 0 Å². The SMILES string of the molecule is CCC(CCO)NC(=O)c1cc(C)cc(C)c1. The van der Waals surface area contributed by atoms with Crippen molar-refractivity contribution in [1.29, 1.82) is 0 Å². The molecule has 0 aliphatic rings. The first kappa shape index (κ1) is 13.7. The molecule has 0 fully saturated rings. The second kappa shape index (κ2) is 6.40. The van der Waals surface area contributed by atoms with Crippen LogP contribution in [0.2, 0.25) is 0 Å². The molecule has 17 heavy (non-hydrogen) atoms. The van der Waals surface area contributed by atoms with E-state index in [9.17, 15) is 4.79 Å². The van der Waals surface area contributed by atoms with Crippen LogP contribution in [0.4, 0.5) is 0 Å². The molecule has 0 saturated heterocycles. The van der Waals surface area contributed by atoms with Gasteiger partial charge in [0.25, 0.3) is 5.91 Å². The van der Waals surface area contributed by atoms with E-state index >= 15 is 0 Å². The summed E-state index contributed by atoms with van der Waals surface area (Å²) >= 11 is 0. The van der Waals surface area contributed by atoms with Crippen molar-refractivity contribution in [2.75, 3.05) is 6.61 Å². The summed E-state index contributed by atoms with van der Waals surface area (Å²) in [7, 11) is 0. The lowest BCUT2D eigenvalue weighted by Crippen LogP contribution is -2.35. The number of aliphatic hydroxyl groups excluding tert-OH is 1. The number of hydrogen-bond acceptors (Lipinski definition) is 2. The fraction of sp³-hybridized carbons (Fsp3) is 0.500. The molecule has 0 aromatic heterocycles. The zero-order valence-corrected chi connectivity index (χ0v) is 10.8. The largest absolute Gasteiger partial charge is 0.396 e. The standard InChI is InChI=1S/C14H21NO2/c1-4-13(5-6-16)15-14(17)12-8-10(2)7-11(3)9-12/h7-9,13,16H,4-6H2,1-3H3,(H,15,17). The average molecular weight is 235 g/mol. The van der Waals surface area contributed by atoms with Crippen molar-refractivity contribution in [2.45, 2.75) is 39.7 Å². The zero-order chi connectivity index (χ0) is 12.8. The lowest BCUT2D eigenvalue weighted by Gasteiger charge is -2.16. The highest BCUT2D eigenvalue weighted by atomic mass is 16.3. The first-order valence-corrected chi connectivity index (χ1v) is 6.06. The minimum absolute atomic E-state index is 0.0494. The van der Waals surface area contributed by atoms with Gasteiger partial charge in [0.2, 0.25) is 0 Å². The third-order valence-corrected chi connectivity index (χ3v) is 2.79. The maximum absolute atomic E-state index is 12.0. The topological polar surface area (TPSA) is 49.3 Å². The van der Waals surface area contributed by atoms with E-state index in [2.05, 4.69) is 5.32 Å². The fourth-order valence-electron chi connectivity index (χ4n) is 1.91. The number of aryl methyl sites for hydroxylation is 2. The van der Waals surface area contributed by atoms with E-state index in [-0.39, 0.29) is 18.6 Å². The molecule has 1 unspecified atom stereocenters. The lowest BCUT2D eigenvalue weighted by atomic mass is 10.1. The van der Waals surface area contributed by atoms with Crippen LogP contribution in [-0.4, -0.2) is 23.7 Å². The summed E-state index contributed by atoms with van der Waals surface area (Å²) < 4.78 is 0. The van der Waals surface area contributed by atoms with Gasteiger partial charge in [-0.2, -0.15) is 0 Å². The summed E-state index contributed by atoms with van der Waals surface area (Å²) in [6.07, 6.45) is 1.43. The van der Waals surface area contributed by atoms with Crippen molar-refractivity contribution in [1.82, 2.24) is 5.32 Å². The summed E-state index contributed by atoms with van der Waals surface area (Å²) in [5, 5.41) is 11.8. The van der Waals surface area contributed by atoms with Gasteiger partial charge in [-0.3, -0.25) is 4.79 Å². The summed E-state index contributed by atoms with van der Waals surface area (Å²) in [5.74, 6) is -0.0582. The minimum Gasteiger partial charge on any atom is -0.396 e. The van der Waals surface area contributed by atoms with Gasteiger partial charge in [-0.25, -0.2) is 0 Å². The van der Waals surface area contributed by atoms with Gasteiger partial charge in [0.1, 0.15) is 0 Å². The molecule has 1 amide bonds. The minimum atomic E-state index is -0.0582. The molecule has 0 heterocycles. The Morgan fingerprint density at radius 2 is 1.88 bits per heavy atom. The number of rotatable bonds is 5. The highest BCUT2D eigenvalue weighted by Gasteiger charge is 2.12. The molecule has 3 heteroatoms. The molecule has 0 aliphatic heterocycles. The van der Waals surface area contributed by atoms with Crippen LogP contribution in [0.15, 0.2) is 18.2 Å². The quantitative estimate of drug-likeness (QED) is 0.822. The number of nitrogens with one attached hydrogen (secondary N) is 1. The molecule has 1 atom stereocenters. The predicted molar refractivity (Wildman–Crippen MR) is 69.2 cm³/mol. The molecule has 0 radical (unpaired) electrons. The van der Waals surface area contributed by atoms with Gasteiger partial charge in [0.05, 0.1) is 0 Å². The van der Waals surface area contributed by atoms with Crippen LogP contribution < -0.4 is 5.32 Å². The Hall–Kier alpha value is -1.35. The number of hydrogen-bond donors (Lipinski definition) is 2. The van der Waals surface area contributed by atoms with E-state index in [1.54, 1.807) is 0 Å². The molecule has 2 N–H and O–H groups in total. The van der Waals surface area contributed by atoms with Crippen LogP contribution >= 0.6 is 0 Å². The number of aliphatic hydroxyl groups is 1. The number of carbonyl (C=O) groups excluding carboxylic acids is 1. The van der Waals surface area contributed by atoms with Crippen LogP contribution in [0, 0.1) is 13.8 Å². The Morgan fingerprint density at radius 1 is 1.29 bits per heavy atom. The van der Waals surface area contributed by atoms with E-state index < -0.39 is 0 Å². The normalized spacial score (nSPS) is 12.2. The number of carbonyl (C=O) groups is 1. The Morgan fingerprint density at radius 3 is 2.35 bits per heavy atom. The monoisotopic (exact) mass is 235 g/mol. The molecule has 0 aliphatic carbocycles. The Kier molecular flexibility index (Phi) is 5.16. The molecule has 3 nitrogen and oxygen atoms in total. The molecule has 94 valence electrons. The van der Waals surface area contributed by atoms with E-state index in [1.165, 1.54) is 0 Å². The van der Waals surface area contributed by atoms with Gasteiger partial charge in [0, 0.05) is 18.2 Å². The zero-order valence-electron chi connectivity index (χ0n) is 10.8. The maximum Gasteiger partial charge on any atom is 0.251 e. The van der Waals surface area contributed by atoms with Gasteiger partial charge in [-0.1, -0.05) is 24.1 Å². The Labute approximate surface area is 103 Å². The van der Waals surface area contributed by atoms with Gasteiger partial charge in [-0.05, 0) is 38.8 Å². The predicted octanol–water partition coefficient (Wildman–Crippen LogP) is 2.19. The van der Waals surface area contributed by atoms with Crippen molar-refractivity contribution >= 4 is 5.91 Å². The lowest BCUT2D eigenvalue weighted by molar-refractivity contribution is 0.0929. The van der Waals surface area contributed by atoms with Gasteiger partial charge < -0.3 is 10.4 Å². The summed E-state index contributed by atoms with van der Waals surface area (Å²) in [5.41, 5.74) is 2.87. The van der Waals surface area contributed by atoms with E-state index in [0.717, 1.165) is 17.5 Å². The average Bonchev–Trinajstić information content (AvgIpc) is 2.27. The van der Waals surface area contributed by atoms with Gasteiger partial charge in [-0.15, -0.1) is 0 Å². The smallest absolute Gasteiger partial charge is 0.251 e. The Bertz CT molecular complexity index is 368. The van der Waals surface area contributed by atoms with Crippen molar-refractivity contribution in [3.8, 4) is 0 Å². The second-order valence-corrected chi connectivity index (χ2v) is 4.47. The first-order chi connectivity index (χ1) is 8.06. The molecular formula is C14H21NO2. The van der Waals surface area contributed by atoms with Crippen molar-refractivity contribution < 1.29 is 9.90 Å². The fourth-order valence-corrected chi connectivity index (χ4v) is 1.91. The van der Waals surface area contributed by atoms with Crippen molar-refractivity contribution in [2.24, 2.45) is 0 Å². The molecule has 1 aromatic rings. The van der Waals surface area contributed by atoms with E-state index in [0.29, 0.717) is 12.0 Å². The molecule has 1 rings (SSSR count). The maximum atomic E-state index is 12.0.